The quantitative estimate of drug-likeness (QED) is 0.381. The van der Waals surface area contributed by atoms with Crippen LogP contribution in [0.25, 0.3) is 0 Å². The Balaban J connectivity index is 0. The van der Waals surface area contributed by atoms with Crippen LogP contribution in [0.1, 0.15) is 0 Å². The fraction of sp³-hybridized carbons (Fsp3) is 0. The van der Waals surface area contributed by atoms with Crippen molar-refractivity contribution in [2.24, 2.45) is 11.5 Å². The molecule has 5 heavy (non-hydrogen) atoms. The molecule has 0 aliphatic rings. The molecule has 0 amide bonds. The average Bonchev–Trinajstić information content (AvgIpc) is 0.811. The molecule has 2 nitrogen and oxygen atoms in total. The minimum absolute atomic E-state index is 0. The molecule has 0 heterocycles. The molecule has 0 unspecified atom stereocenters. The summed E-state index contributed by atoms with van der Waals surface area (Å²) in [5.74, 6) is 0. The van der Waals surface area contributed by atoms with Gasteiger partial charge in [-0.25, -0.2) is 0 Å². The summed E-state index contributed by atoms with van der Waals surface area (Å²) in [6, 6.07) is 0. The molecule has 0 spiro atoms. The van der Waals surface area contributed by atoms with E-state index in [1.165, 1.54) is 0 Å². The molecule has 0 aliphatic heterocycles. The number of hydrogen-bond donors (Lipinski definition) is 2. The summed E-state index contributed by atoms with van der Waals surface area (Å²) in [5, 5.41) is 0.000000000000000222. The molecule has 0 bridgehead atoms. The average molecular weight is 183 g/mol. The Kier molecular flexibility index (Phi) is 7.85. The molecule has 0 aromatic rings. The van der Waals surface area contributed by atoms with Crippen LogP contribution in [0.15, 0.2) is 0 Å². The summed E-state index contributed by atoms with van der Waals surface area (Å²) in [4.78, 5) is 0. The number of rotatable bonds is 0. The molecule has 0 saturated carbocycles. The predicted octanol–water partition coefficient (Wildman–Crippen LogP) is -0.814. The van der Waals surface area contributed by atoms with Crippen LogP contribution in [-0.4, -0.2) is 5.11 Å². The summed E-state index contributed by atoms with van der Waals surface area (Å²) in [6.07, 6.45) is 0. The first-order valence-electron chi connectivity index (χ1n) is 0.781. The maximum atomic E-state index is 4.62. The number of thiocarbonyl (C=S) groups is 1. The molecule has 34 valence electrons. The molecule has 0 aromatic heterocycles. The Morgan fingerprint density at radius 3 is 1.40 bits per heavy atom. The predicted molar refractivity (Wildman–Crippen MR) is 21.0 cm³/mol. The molecule has 0 saturated heterocycles. The van der Waals surface area contributed by atoms with Crippen molar-refractivity contribution in [3.8, 4) is 0 Å². The number of nitrogens with two attached hydrogens (primary N) is 2. The van der Waals surface area contributed by atoms with Gasteiger partial charge in [0.05, 0.1) is 0 Å². The normalized spacial score (nSPS) is 4.80. The molecule has 0 atom stereocenters. The van der Waals surface area contributed by atoms with Crippen LogP contribution in [0.5, 0.6) is 0 Å². The van der Waals surface area contributed by atoms with Gasteiger partial charge < -0.3 is 11.5 Å². The molecular formula is CH4N2PdS. The second kappa shape index (κ2) is 4.35. The van der Waals surface area contributed by atoms with Gasteiger partial charge >= 0.3 is 0 Å². The van der Waals surface area contributed by atoms with Gasteiger partial charge in [0.2, 0.25) is 0 Å². The monoisotopic (exact) mass is 182 g/mol. The standard InChI is InChI=1S/CH4N2S.Pd/c2-1(3)4;/h(H4,2,3,4);. The maximum Gasteiger partial charge on any atom is 0.160 e. The summed E-state index contributed by atoms with van der Waals surface area (Å²) in [7, 11) is 0. The van der Waals surface area contributed by atoms with Gasteiger partial charge in [-0.15, -0.1) is 0 Å². The van der Waals surface area contributed by atoms with E-state index in [-0.39, 0.29) is 25.5 Å². The van der Waals surface area contributed by atoms with Crippen molar-refractivity contribution in [3.63, 3.8) is 0 Å². The van der Waals surface area contributed by atoms with Crippen molar-refractivity contribution in [1.82, 2.24) is 0 Å². The molecule has 0 rings (SSSR count). The van der Waals surface area contributed by atoms with E-state index < -0.39 is 0 Å². The first-order valence-corrected chi connectivity index (χ1v) is 1.19. The third-order valence-electron chi connectivity index (χ3n) is 0. The van der Waals surface area contributed by atoms with Crippen LogP contribution in [0.2, 0.25) is 0 Å². The number of hydrogen-bond acceptors (Lipinski definition) is 1. The first-order chi connectivity index (χ1) is 1.73. The van der Waals surface area contributed by atoms with Crippen LogP contribution in [-0.2, 0) is 20.4 Å². The Morgan fingerprint density at radius 2 is 1.40 bits per heavy atom. The second-order valence-electron chi connectivity index (χ2n) is 0.402. The molecular weight excluding hydrogens is 179 g/mol. The zero-order valence-corrected chi connectivity index (χ0v) is 4.75. The SMILES string of the molecule is NC(N)=S.[Pd]. The molecule has 0 aliphatic carbocycles. The largest absolute Gasteiger partial charge is 0.377 e. The van der Waals surface area contributed by atoms with E-state index in [4.69, 9.17) is 0 Å². The summed E-state index contributed by atoms with van der Waals surface area (Å²) in [5.41, 5.74) is 9.24. The maximum absolute atomic E-state index is 4.62. The third-order valence-corrected chi connectivity index (χ3v) is 0. The first kappa shape index (κ1) is 9.02. The summed E-state index contributed by atoms with van der Waals surface area (Å²) >= 11 is 4.09. The van der Waals surface area contributed by atoms with E-state index in [0.29, 0.717) is 0 Å². The third kappa shape index (κ3) is 194. The van der Waals surface area contributed by atoms with Gasteiger partial charge in [0.1, 0.15) is 0 Å². The van der Waals surface area contributed by atoms with Crippen molar-refractivity contribution < 1.29 is 20.4 Å². The second-order valence-corrected chi connectivity index (χ2v) is 0.874. The van der Waals surface area contributed by atoms with Crippen LogP contribution < -0.4 is 11.5 Å². The zero-order chi connectivity index (χ0) is 3.58. The van der Waals surface area contributed by atoms with Gasteiger partial charge in [-0.3, -0.25) is 0 Å². The topological polar surface area (TPSA) is 52.0 Å². The van der Waals surface area contributed by atoms with Crippen molar-refractivity contribution in [3.05, 3.63) is 0 Å². The van der Waals surface area contributed by atoms with Crippen LogP contribution in [0.3, 0.4) is 0 Å². The van der Waals surface area contributed by atoms with Crippen molar-refractivity contribution in [2.45, 2.75) is 0 Å². The minimum atomic E-state index is 0. The Morgan fingerprint density at radius 1 is 1.40 bits per heavy atom. The van der Waals surface area contributed by atoms with E-state index in [1.807, 2.05) is 0 Å². The van der Waals surface area contributed by atoms with E-state index in [9.17, 15) is 0 Å². The fourth-order valence-electron chi connectivity index (χ4n) is 0. The van der Waals surface area contributed by atoms with Crippen molar-refractivity contribution in [2.75, 3.05) is 0 Å². The summed E-state index contributed by atoms with van der Waals surface area (Å²) in [6.45, 7) is 0. The smallest absolute Gasteiger partial charge is 0.160 e. The van der Waals surface area contributed by atoms with E-state index >= 15 is 0 Å². The van der Waals surface area contributed by atoms with Crippen molar-refractivity contribution >= 4 is 17.3 Å². The zero-order valence-electron chi connectivity index (χ0n) is 2.38. The van der Waals surface area contributed by atoms with Gasteiger partial charge in [-0.1, -0.05) is 0 Å². The fourth-order valence-corrected chi connectivity index (χ4v) is 0. The van der Waals surface area contributed by atoms with Gasteiger partial charge in [0.15, 0.2) is 5.11 Å². The van der Waals surface area contributed by atoms with Gasteiger partial charge in [-0.05, 0) is 12.2 Å². The molecule has 0 radical (unpaired) electrons. The molecule has 0 aromatic carbocycles. The van der Waals surface area contributed by atoms with Crippen LogP contribution >= 0.6 is 12.2 Å². The van der Waals surface area contributed by atoms with Crippen LogP contribution in [0, 0.1) is 0 Å². The van der Waals surface area contributed by atoms with Gasteiger partial charge in [-0.2, -0.15) is 0 Å². The van der Waals surface area contributed by atoms with Crippen molar-refractivity contribution in [1.29, 1.82) is 0 Å². The minimum Gasteiger partial charge on any atom is -0.377 e. The Bertz CT molecular complexity index is 32.6. The molecule has 4 heteroatoms. The van der Waals surface area contributed by atoms with E-state index in [2.05, 4.69) is 23.7 Å². The van der Waals surface area contributed by atoms with Gasteiger partial charge in [0, 0.05) is 20.4 Å². The Hall–Kier alpha value is 0.352. The van der Waals surface area contributed by atoms with Gasteiger partial charge in [0.25, 0.3) is 0 Å². The molecule has 0 fully saturated rings. The summed E-state index contributed by atoms with van der Waals surface area (Å²) < 4.78 is 0. The van der Waals surface area contributed by atoms with E-state index in [0.717, 1.165) is 0 Å². The molecule has 4 N–H and O–H groups in total. The van der Waals surface area contributed by atoms with E-state index in [1.54, 1.807) is 0 Å². The van der Waals surface area contributed by atoms with Crippen LogP contribution in [0.4, 0.5) is 0 Å². The Labute approximate surface area is 49.6 Å².